The van der Waals surface area contributed by atoms with Crippen molar-refractivity contribution in [3.8, 4) is 0 Å². The van der Waals surface area contributed by atoms with E-state index < -0.39 is 5.60 Å². The van der Waals surface area contributed by atoms with E-state index in [1.165, 1.54) is 0 Å². The first-order chi connectivity index (χ1) is 8.88. The van der Waals surface area contributed by atoms with Gasteiger partial charge in [-0.1, -0.05) is 0 Å². The van der Waals surface area contributed by atoms with Crippen LogP contribution in [0.2, 0.25) is 0 Å². The van der Waals surface area contributed by atoms with Crippen molar-refractivity contribution in [2.45, 2.75) is 12.5 Å². The third-order valence-electron chi connectivity index (χ3n) is 2.33. The van der Waals surface area contributed by atoms with E-state index in [1.807, 2.05) is 20.4 Å². The molecule has 108 valence electrons. The number of anilines is 3. The van der Waals surface area contributed by atoms with Gasteiger partial charge in [-0.05, 0) is 13.2 Å². The lowest BCUT2D eigenvalue weighted by atomic mass is 10.1. The van der Waals surface area contributed by atoms with E-state index >= 15 is 0 Å². The third-order valence-corrected chi connectivity index (χ3v) is 3.24. The fraction of sp³-hybridized carbons (Fsp3) is 0.727. The SMILES string of the molecule is CNc1nc(NCC(C)(O)CSC)nc(N(C)C)n1. The third kappa shape index (κ3) is 5.07. The van der Waals surface area contributed by atoms with Crippen molar-refractivity contribution in [3.05, 3.63) is 0 Å². The van der Waals surface area contributed by atoms with Gasteiger partial charge in [0.05, 0.1) is 5.60 Å². The second-order valence-corrected chi connectivity index (χ2v) is 5.58. The Bertz CT molecular complexity index is 412. The summed E-state index contributed by atoms with van der Waals surface area (Å²) in [5.41, 5.74) is -0.801. The average molecular weight is 286 g/mol. The number of aliphatic hydroxyl groups is 1. The van der Waals surface area contributed by atoms with Gasteiger partial charge in [-0.15, -0.1) is 0 Å². The Balaban J connectivity index is 2.80. The standard InChI is InChI=1S/C11H22N6OS/c1-11(18,7-19-5)6-13-9-14-8(12-2)15-10(16-9)17(3)4/h18H,6-7H2,1-5H3,(H2,12,13,14,15,16). The number of thioether (sulfide) groups is 1. The van der Waals surface area contributed by atoms with Crippen LogP contribution in [0.3, 0.4) is 0 Å². The van der Waals surface area contributed by atoms with Gasteiger partial charge >= 0.3 is 0 Å². The minimum absolute atomic E-state index is 0.383. The second-order valence-electron chi connectivity index (χ2n) is 4.71. The largest absolute Gasteiger partial charge is 0.387 e. The van der Waals surface area contributed by atoms with Gasteiger partial charge in [-0.3, -0.25) is 0 Å². The summed E-state index contributed by atoms with van der Waals surface area (Å²) in [4.78, 5) is 14.5. The molecular weight excluding hydrogens is 264 g/mol. The minimum Gasteiger partial charge on any atom is -0.387 e. The molecule has 0 amide bonds. The van der Waals surface area contributed by atoms with E-state index in [9.17, 15) is 5.11 Å². The highest BCUT2D eigenvalue weighted by Crippen LogP contribution is 2.14. The predicted molar refractivity (Wildman–Crippen MR) is 81.2 cm³/mol. The molecule has 0 bridgehead atoms. The summed E-state index contributed by atoms with van der Waals surface area (Å²) in [6.07, 6.45) is 1.96. The van der Waals surface area contributed by atoms with Gasteiger partial charge < -0.3 is 20.6 Å². The first-order valence-electron chi connectivity index (χ1n) is 5.94. The van der Waals surface area contributed by atoms with Crippen LogP contribution in [0.4, 0.5) is 17.8 Å². The van der Waals surface area contributed by atoms with Crippen LogP contribution in [0, 0.1) is 0 Å². The van der Waals surface area contributed by atoms with Crippen molar-refractivity contribution in [2.75, 3.05) is 55.2 Å². The highest BCUT2D eigenvalue weighted by atomic mass is 32.2. The van der Waals surface area contributed by atoms with Gasteiger partial charge in [0.15, 0.2) is 0 Å². The lowest BCUT2D eigenvalue weighted by molar-refractivity contribution is 0.0995. The number of aromatic nitrogens is 3. The molecule has 1 aromatic rings. The van der Waals surface area contributed by atoms with Crippen LogP contribution < -0.4 is 15.5 Å². The molecule has 1 aromatic heterocycles. The highest BCUT2D eigenvalue weighted by molar-refractivity contribution is 7.98. The van der Waals surface area contributed by atoms with Crippen molar-refractivity contribution in [1.29, 1.82) is 0 Å². The van der Waals surface area contributed by atoms with E-state index in [0.717, 1.165) is 0 Å². The summed E-state index contributed by atoms with van der Waals surface area (Å²) < 4.78 is 0. The van der Waals surface area contributed by atoms with E-state index in [1.54, 1.807) is 30.6 Å². The van der Waals surface area contributed by atoms with Crippen LogP contribution in [0.5, 0.6) is 0 Å². The lowest BCUT2D eigenvalue weighted by Gasteiger charge is -2.22. The smallest absolute Gasteiger partial charge is 0.231 e. The molecule has 0 saturated heterocycles. The van der Waals surface area contributed by atoms with Crippen LogP contribution in [-0.2, 0) is 0 Å². The molecule has 0 spiro atoms. The molecule has 1 unspecified atom stereocenters. The minimum atomic E-state index is -0.801. The molecule has 0 aliphatic heterocycles. The molecule has 1 heterocycles. The molecule has 0 saturated carbocycles. The summed E-state index contributed by atoms with van der Waals surface area (Å²) in [6.45, 7) is 2.16. The topological polar surface area (TPSA) is 86.2 Å². The molecule has 19 heavy (non-hydrogen) atoms. The van der Waals surface area contributed by atoms with Gasteiger partial charge in [-0.25, -0.2) is 0 Å². The molecule has 1 atom stereocenters. The quantitative estimate of drug-likeness (QED) is 0.668. The first-order valence-corrected chi connectivity index (χ1v) is 7.33. The number of hydrogen-bond donors (Lipinski definition) is 3. The zero-order valence-corrected chi connectivity index (χ0v) is 12.9. The molecule has 7 nitrogen and oxygen atoms in total. The van der Waals surface area contributed by atoms with Crippen LogP contribution in [-0.4, -0.2) is 65.4 Å². The normalized spacial score (nSPS) is 13.8. The maximum atomic E-state index is 10.1. The zero-order valence-electron chi connectivity index (χ0n) is 12.1. The fourth-order valence-corrected chi connectivity index (χ4v) is 2.11. The molecule has 0 fully saturated rings. The van der Waals surface area contributed by atoms with Crippen LogP contribution in [0.25, 0.3) is 0 Å². The summed E-state index contributed by atoms with van der Waals surface area (Å²) in [7, 11) is 5.48. The van der Waals surface area contributed by atoms with E-state index in [-0.39, 0.29) is 0 Å². The van der Waals surface area contributed by atoms with Gasteiger partial charge in [0.1, 0.15) is 0 Å². The second kappa shape index (κ2) is 6.76. The van der Waals surface area contributed by atoms with Gasteiger partial charge in [0, 0.05) is 33.4 Å². The van der Waals surface area contributed by atoms with Crippen molar-refractivity contribution >= 4 is 29.6 Å². The Labute approximate surface area is 118 Å². The lowest BCUT2D eigenvalue weighted by Crippen LogP contribution is -2.36. The summed E-state index contributed by atoms with van der Waals surface area (Å²) in [6, 6.07) is 0. The van der Waals surface area contributed by atoms with Crippen LogP contribution in [0.1, 0.15) is 6.92 Å². The van der Waals surface area contributed by atoms with Crippen molar-refractivity contribution in [2.24, 2.45) is 0 Å². The van der Waals surface area contributed by atoms with Gasteiger partial charge in [-0.2, -0.15) is 26.7 Å². The van der Waals surface area contributed by atoms with Gasteiger partial charge in [0.25, 0.3) is 0 Å². The van der Waals surface area contributed by atoms with Gasteiger partial charge in [0.2, 0.25) is 17.8 Å². The summed E-state index contributed by atoms with van der Waals surface area (Å²) in [5.74, 6) is 2.14. The molecule has 3 N–H and O–H groups in total. The van der Waals surface area contributed by atoms with Crippen molar-refractivity contribution in [3.63, 3.8) is 0 Å². The van der Waals surface area contributed by atoms with E-state index in [4.69, 9.17) is 0 Å². The molecule has 0 aromatic carbocycles. The highest BCUT2D eigenvalue weighted by Gasteiger charge is 2.20. The molecule has 0 aliphatic carbocycles. The Morgan fingerprint density at radius 1 is 1.26 bits per heavy atom. The Morgan fingerprint density at radius 2 is 1.89 bits per heavy atom. The van der Waals surface area contributed by atoms with Crippen molar-refractivity contribution < 1.29 is 5.11 Å². The number of hydrogen-bond acceptors (Lipinski definition) is 8. The zero-order chi connectivity index (χ0) is 14.5. The fourth-order valence-electron chi connectivity index (χ4n) is 1.39. The van der Waals surface area contributed by atoms with Crippen LogP contribution in [0.15, 0.2) is 0 Å². The Kier molecular flexibility index (Phi) is 5.61. The molecule has 0 radical (unpaired) electrons. The maximum absolute atomic E-state index is 10.1. The molecule has 8 heteroatoms. The van der Waals surface area contributed by atoms with Crippen molar-refractivity contribution in [1.82, 2.24) is 15.0 Å². The molecule has 1 rings (SSSR count). The summed E-state index contributed by atoms with van der Waals surface area (Å²) >= 11 is 1.60. The van der Waals surface area contributed by atoms with E-state index in [0.29, 0.717) is 30.1 Å². The summed E-state index contributed by atoms with van der Waals surface area (Å²) in [5, 5.41) is 16.0. The van der Waals surface area contributed by atoms with Crippen LogP contribution >= 0.6 is 11.8 Å². The molecule has 0 aliphatic rings. The molecular formula is C11H22N6OS. The van der Waals surface area contributed by atoms with E-state index in [2.05, 4.69) is 25.6 Å². The number of rotatable bonds is 7. The average Bonchev–Trinajstić information content (AvgIpc) is 2.36. The number of nitrogens with one attached hydrogen (secondary N) is 2. The first kappa shape index (κ1) is 15.8. The Hall–Kier alpha value is -1.28. The predicted octanol–water partition coefficient (Wildman–Crippen LogP) is 0.505. The maximum Gasteiger partial charge on any atom is 0.231 e. The Morgan fingerprint density at radius 3 is 2.42 bits per heavy atom. The monoisotopic (exact) mass is 286 g/mol. The number of nitrogens with zero attached hydrogens (tertiary/aromatic N) is 4.